The minimum absolute atomic E-state index is 0. The van der Waals surface area contributed by atoms with E-state index in [0.29, 0.717) is 12.0 Å². The van der Waals surface area contributed by atoms with E-state index in [-0.39, 0.29) is 44.6 Å². The molecule has 0 fully saturated rings. The van der Waals surface area contributed by atoms with Gasteiger partial charge in [-0.25, -0.2) is 0 Å². The average Bonchev–Trinajstić information content (AvgIpc) is 3.37. The Kier molecular flexibility index (Phi) is 19.7. The van der Waals surface area contributed by atoms with Gasteiger partial charge in [-0.15, -0.1) is 0 Å². The topological polar surface area (TPSA) is 8.17 Å². The average molecular weight is 621 g/mol. The maximum absolute atomic E-state index is 2.46. The highest BCUT2D eigenvalue weighted by Gasteiger charge is 2.13. The van der Waals surface area contributed by atoms with Gasteiger partial charge in [0.25, 0.3) is 0 Å². The molecule has 0 amide bonds. The predicted octanol–water partition coefficient (Wildman–Crippen LogP) is 15.3. The molecule has 0 aliphatic heterocycles. The van der Waals surface area contributed by atoms with Crippen LogP contribution in [0.2, 0.25) is 0 Å². The molecule has 0 saturated heterocycles. The third-order valence-corrected chi connectivity index (χ3v) is 8.01. The molecule has 2 heteroatoms. The van der Waals surface area contributed by atoms with Gasteiger partial charge in [-0.05, 0) is 79.8 Å². The van der Waals surface area contributed by atoms with Gasteiger partial charge in [0.2, 0.25) is 0 Å². The monoisotopic (exact) mass is 621 g/mol. The van der Waals surface area contributed by atoms with E-state index < -0.39 is 0 Å². The molecular weight excluding hydrogens is 556 g/mol. The lowest BCUT2D eigenvalue weighted by atomic mass is 9.98. The zero-order valence-corrected chi connectivity index (χ0v) is 24.2. The molecule has 0 aliphatic carbocycles. The van der Waals surface area contributed by atoms with E-state index in [1.807, 2.05) is 0 Å². The van der Waals surface area contributed by atoms with Crippen LogP contribution in [0.3, 0.4) is 0 Å². The Balaban J connectivity index is 0. The van der Waals surface area contributed by atoms with Gasteiger partial charge in [0.05, 0.1) is 0 Å². The van der Waals surface area contributed by atoms with E-state index in [4.69, 9.17) is 0 Å². The van der Waals surface area contributed by atoms with Crippen LogP contribution in [0.15, 0.2) is 133 Å². The second kappa shape index (κ2) is 20.7. The molecule has 1 heterocycles. The van der Waals surface area contributed by atoms with Gasteiger partial charge < -0.3 is 9.47 Å². The van der Waals surface area contributed by atoms with Crippen LogP contribution in [0.1, 0.15) is 103 Å². The van der Waals surface area contributed by atoms with Crippen molar-refractivity contribution in [1.82, 2.24) is 4.57 Å². The van der Waals surface area contributed by atoms with Gasteiger partial charge in [-0.3, -0.25) is 0 Å². The fourth-order valence-corrected chi connectivity index (χ4v) is 5.40. The van der Waals surface area contributed by atoms with Crippen LogP contribution in [0, 0.1) is 0 Å². The Hall–Kier alpha value is -4.30. The van der Waals surface area contributed by atoms with Crippen molar-refractivity contribution in [3.63, 3.8) is 0 Å². The van der Waals surface area contributed by atoms with Crippen LogP contribution in [-0.2, 0) is 0 Å². The van der Waals surface area contributed by atoms with Crippen LogP contribution >= 0.6 is 0 Å². The summed E-state index contributed by atoms with van der Waals surface area (Å²) in [4.78, 5) is 2.29. The zero-order valence-electron chi connectivity index (χ0n) is 24.2. The SMILES string of the molecule is C.C.C.C.C.C.CCC(C)c1ccc(N(c2ccccc2)c2ccccc2)cc1.CCC(C)n1c2ccccc2c2ccccc21. The molecule has 0 bridgehead atoms. The number of aromatic nitrogens is 1. The minimum atomic E-state index is 0. The number of rotatable bonds is 7. The van der Waals surface area contributed by atoms with Gasteiger partial charge in [0.15, 0.2) is 0 Å². The largest absolute Gasteiger partial charge is 0.338 e. The van der Waals surface area contributed by atoms with Crippen molar-refractivity contribution in [3.8, 4) is 0 Å². The van der Waals surface area contributed by atoms with Crippen LogP contribution in [0.25, 0.3) is 21.8 Å². The molecule has 46 heavy (non-hydrogen) atoms. The lowest BCUT2D eigenvalue weighted by Crippen LogP contribution is -2.09. The highest BCUT2D eigenvalue weighted by molar-refractivity contribution is 6.08. The highest BCUT2D eigenvalue weighted by atomic mass is 15.1. The number of anilines is 3. The number of nitrogens with zero attached hydrogens (tertiary/aromatic N) is 2. The van der Waals surface area contributed by atoms with Crippen molar-refractivity contribution in [3.05, 3.63) is 139 Å². The second-order valence-corrected chi connectivity index (χ2v) is 10.6. The first-order valence-electron chi connectivity index (χ1n) is 14.6. The van der Waals surface area contributed by atoms with Crippen LogP contribution in [0.5, 0.6) is 0 Å². The molecule has 6 rings (SSSR count). The second-order valence-electron chi connectivity index (χ2n) is 10.6. The molecule has 2 atom stereocenters. The molecular formula is C44H64N2. The van der Waals surface area contributed by atoms with Crippen molar-refractivity contribution >= 4 is 38.9 Å². The third-order valence-electron chi connectivity index (χ3n) is 8.01. The Labute approximate surface area is 283 Å². The van der Waals surface area contributed by atoms with Crippen molar-refractivity contribution in [2.24, 2.45) is 0 Å². The first kappa shape index (κ1) is 43.8. The van der Waals surface area contributed by atoms with Crippen molar-refractivity contribution in [2.75, 3.05) is 4.90 Å². The van der Waals surface area contributed by atoms with Crippen molar-refractivity contribution in [1.29, 1.82) is 0 Å². The number of fused-ring (bicyclic) bond motifs is 3. The smallest absolute Gasteiger partial charge is 0.0493 e. The van der Waals surface area contributed by atoms with E-state index in [1.54, 1.807) is 0 Å². The molecule has 0 N–H and O–H groups in total. The summed E-state index contributed by atoms with van der Waals surface area (Å²) in [7, 11) is 0. The zero-order chi connectivity index (χ0) is 27.9. The molecule has 6 aromatic rings. The molecule has 250 valence electrons. The van der Waals surface area contributed by atoms with Crippen molar-refractivity contribution in [2.45, 2.75) is 97.1 Å². The molecule has 0 radical (unpaired) electrons. The van der Waals surface area contributed by atoms with E-state index >= 15 is 0 Å². The predicted molar refractivity (Wildman–Crippen MR) is 215 cm³/mol. The first-order valence-corrected chi connectivity index (χ1v) is 14.6. The lowest BCUT2D eigenvalue weighted by molar-refractivity contribution is 0.563. The molecule has 1 aromatic heterocycles. The molecule has 0 saturated carbocycles. The van der Waals surface area contributed by atoms with Gasteiger partial charge in [0.1, 0.15) is 0 Å². The fourth-order valence-electron chi connectivity index (χ4n) is 5.40. The number of benzene rings is 5. The summed E-state index contributed by atoms with van der Waals surface area (Å²) in [6, 6.07) is 47.9. The molecule has 5 aromatic carbocycles. The summed E-state index contributed by atoms with van der Waals surface area (Å²) in [6.45, 7) is 9.05. The Bertz CT molecular complexity index is 1540. The molecule has 0 spiro atoms. The van der Waals surface area contributed by atoms with Gasteiger partial charge >= 0.3 is 0 Å². The first-order chi connectivity index (χ1) is 19.6. The molecule has 0 aliphatic rings. The van der Waals surface area contributed by atoms with E-state index in [0.717, 1.165) is 6.42 Å². The summed E-state index contributed by atoms with van der Waals surface area (Å²) >= 11 is 0. The van der Waals surface area contributed by atoms with E-state index in [1.165, 1.54) is 50.9 Å². The Morgan fingerprint density at radius 3 is 1.22 bits per heavy atom. The summed E-state index contributed by atoms with van der Waals surface area (Å²) < 4.78 is 2.46. The van der Waals surface area contributed by atoms with Crippen LogP contribution < -0.4 is 4.90 Å². The molecule has 2 nitrogen and oxygen atoms in total. The van der Waals surface area contributed by atoms with Crippen LogP contribution in [0.4, 0.5) is 17.1 Å². The Morgan fingerprint density at radius 2 is 0.826 bits per heavy atom. The van der Waals surface area contributed by atoms with Gasteiger partial charge in [-0.2, -0.15) is 0 Å². The van der Waals surface area contributed by atoms with Crippen molar-refractivity contribution < 1.29 is 0 Å². The van der Waals surface area contributed by atoms with E-state index in [9.17, 15) is 0 Å². The number of hydrogen-bond acceptors (Lipinski definition) is 1. The third kappa shape index (κ3) is 9.36. The highest BCUT2D eigenvalue weighted by Crippen LogP contribution is 2.35. The summed E-state index contributed by atoms with van der Waals surface area (Å²) in [5, 5.41) is 2.73. The summed E-state index contributed by atoms with van der Waals surface area (Å²) in [5.74, 6) is 0.603. The summed E-state index contributed by atoms with van der Waals surface area (Å²) in [5.41, 5.74) is 7.64. The van der Waals surface area contributed by atoms with E-state index in [2.05, 4.69) is 171 Å². The Morgan fingerprint density at radius 1 is 0.457 bits per heavy atom. The quantitative estimate of drug-likeness (QED) is 0.172. The lowest BCUT2D eigenvalue weighted by Gasteiger charge is -2.25. The number of para-hydroxylation sites is 4. The normalized spacial score (nSPS) is 10.9. The molecule has 2 unspecified atom stereocenters. The minimum Gasteiger partial charge on any atom is -0.338 e. The fraction of sp³-hybridized carbons (Fsp3) is 0.318. The maximum atomic E-state index is 2.46. The van der Waals surface area contributed by atoms with Crippen LogP contribution in [-0.4, -0.2) is 4.57 Å². The number of hydrogen-bond donors (Lipinski definition) is 0. The maximum Gasteiger partial charge on any atom is 0.0493 e. The standard InChI is InChI=1S/C22H23N.C16H17N.6CH4/c1-3-18(2)19-14-16-22(17-15-19)23(20-10-6-4-7-11-20)21-12-8-5-9-13-21;1-3-12(2)17-15-10-6-4-8-13(15)14-9-5-7-11-16(14)17;;;;;;/h4-18H,3H2,1-2H3;4-12H,3H2,1-2H3;6*1H4. The van der Waals surface area contributed by atoms with Gasteiger partial charge in [0, 0.05) is 44.9 Å². The summed E-state index contributed by atoms with van der Waals surface area (Å²) in [6.07, 6.45) is 2.32. The van der Waals surface area contributed by atoms with Gasteiger partial charge in [-0.1, -0.05) is 150 Å².